The first-order chi connectivity index (χ1) is 14.1. The second-order valence-corrected chi connectivity index (χ2v) is 13.2. The van der Waals surface area contributed by atoms with Crippen molar-refractivity contribution < 1.29 is 19.2 Å². The standard InChI is InChI=1S/C16H14P.C11H11.Ti/c1-12-6-2-5-9-15(12)17-16-11-10-13-7-3-4-8-14(13)16;1-8-6-7-9(2)11-5-3-4-10(8)11;/h2-11,17H,1H3;3-7H,1-2H3;. The number of benzene rings is 3. The van der Waals surface area contributed by atoms with Gasteiger partial charge in [0.2, 0.25) is 0 Å². The van der Waals surface area contributed by atoms with Crippen LogP contribution in [0.15, 0.2) is 72.8 Å². The summed E-state index contributed by atoms with van der Waals surface area (Å²) in [5.41, 5.74) is 10.3. The molecule has 3 aromatic rings. The molecule has 5 rings (SSSR count). The second kappa shape index (κ2) is 7.52. The molecule has 2 heteroatoms. The molecule has 0 N–H and O–H groups in total. The van der Waals surface area contributed by atoms with Gasteiger partial charge in [0.05, 0.1) is 0 Å². The van der Waals surface area contributed by atoms with Gasteiger partial charge in [-0.25, -0.2) is 0 Å². The van der Waals surface area contributed by atoms with E-state index in [0.717, 1.165) is 8.58 Å². The molecule has 0 spiro atoms. The third kappa shape index (κ3) is 3.32. The molecule has 0 saturated heterocycles. The molecule has 29 heavy (non-hydrogen) atoms. The number of fused-ring (bicyclic) bond motifs is 2. The molecule has 0 aromatic heterocycles. The fourth-order valence-electron chi connectivity index (χ4n) is 4.65. The molecule has 0 nitrogen and oxygen atoms in total. The van der Waals surface area contributed by atoms with Crippen LogP contribution in [-0.2, 0) is 22.6 Å². The Balaban J connectivity index is 1.60. The van der Waals surface area contributed by atoms with Crippen LogP contribution in [0.2, 0.25) is 0 Å². The predicted molar refractivity (Wildman–Crippen MR) is 124 cm³/mol. The quantitative estimate of drug-likeness (QED) is 0.323. The summed E-state index contributed by atoms with van der Waals surface area (Å²) in [6.45, 7) is 6.80. The molecular formula is C27H25PTi. The first-order valence-electron chi connectivity index (χ1n) is 10.3. The minimum absolute atomic E-state index is 0.190. The molecule has 0 heterocycles. The summed E-state index contributed by atoms with van der Waals surface area (Å²) < 4.78 is 0.785. The van der Waals surface area contributed by atoms with E-state index in [-0.39, 0.29) is 22.6 Å². The molecule has 2 aliphatic rings. The molecule has 3 aromatic carbocycles. The van der Waals surface area contributed by atoms with Crippen molar-refractivity contribution in [2.24, 2.45) is 0 Å². The number of hydrogen-bond acceptors (Lipinski definition) is 0. The summed E-state index contributed by atoms with van der Waals surface area (Å²) in [5, 5.41) is 1.51. The van der Waals surface area contributed by atoms with Crippen LogP contribution in [0.3, 0.4) is 0 Å². The van der Waals surface area contributed by atoms with Gasteiger partial charge in [-0.3, -0.25) is 0 Å². The fraction of sp³-hybridized carbons (Fsp3) is 0.185. The molecule has 0 fully saturated rings. The summed E-state index contributed by atoms with van der Waals surface area (Å²) in [6.07, 6.45) is 9.83. The Morgan fingerprint density at radius 2 is 1.55 bits per heavy atom. The minimum atomic E-state index is -0.354. The van der Waals surface area contributed by atoms with Crippen molar-refractivity contribution in [3.05, 3.63) is 112 Å². The zero-order valence-corrected chi connectivity index (χ0v) is 19.7. The Kier molecular flexibility index (Phi) is 4.99. The normalized spacial score (nSPS) is 21.7. The molecular weight excluding hydrogens is 403 g/mol. The van der Waals surface area contributed by atoms with Crippen molar-refractivity contribution in [1.82, 2.24) is 0 Å². The Morgan fingerprint density at radius 1 is 0.793 bits per heavy atom. The van der Waals surface area contributed by atoms with E-state index < -0.39 is 0 Å². The van der Waals surface area contributed by atoms with Crippen molar-refractivity contribution in [3.63, 3.8) is 0 Å². The van der Waals surface area contributed by atoms with Crippen molar-refractivity contribution in [1.29, 1.82) is 0 Å². The van der Waals surface area contributed by atoms with Gasteiger partial charge in [0.15, 0.2) is 0 Å². The maximum absolute atomic E-state index is 2.56. The Bertz CT molecular complexity index is 1160. The number of allylic oxidation sites excluding steroid dienone is 2. The maximum atomic E-state index is 2.56. The topological polar surface area (TPSA) is 0 Å². The van der Waals surface area contributed by atoms with Gasteiger partial charge in [-0.15, -0.1) is 0 Å². The monoisotopic (exact) mass is 428 g/mol. The van der Waals surface area contributed by atoms with Crippen molar-refractivity contribution >= 4 is 26.0 Å². The first-order valence-corrected chi connectivity index (χ1v) is 12.9. The van der Waals surface area contributed by atoms with Crippen LogP contribution >= 0.6 is 8.58 Å². The van der Waals surface area contributed by atoms with Gasteiger partial charge in [0, 0.05) is 0 Å². The molecule has 0 radical (unpaired) electrons. The molecule has 2 aliphatic carbocycles. The molecule has 0 amide bonds. The molecule has 0 saturated carbocycles. The van der Waals surface area contributed by atoms with E-state index in [1.54, 1.807) is 11.1 Å². The third-order valence-corrected chi connectivity index (χ3v) is 11.7. The van der Waals surface area contributed by atoms with Gasteiger partial charge in [-0.2, -0.15) is 0 Å². The molecule has 0 bridgehead atoms. The van der Waals surface area contributed by atoms with Crippen LogP contribution in [0, 0.1) is 20.8 Å². The summed E-state index contributed by atoms with van der Waals surface area (Å²) in [5.74, 6) is 0. The molecule has 0 aliphatic heterocycles. The fourth-order valence-corrected chi connectivity index (χ4v) is 10.5. The average Bonchev–Trinajstić information content (AvgIpc) is 3.31. The van der Waals surface area contributed by atoms with Crippen LogP contribution < -0.4 is 5.30 Å². The summed E-state index contributed by atoms with van der Waals surface area (Å²) in [4.78, 5) is 0. The van der Waals surface area contributed by atoms with Crippen LogP contribution in [0.1, 0.15) is 43.2 Å². The van der Waals surface area contributed by atoms with Gasteiger partial charge in [0.1, 0.15) is 0 Å². The van der Waals surface area contributed by atoms with Gasteiger partial charge >= 0.3 is 185 Å². The van der Waals surface area contributed by atoms with Crippen molar-refractivity contribution in [2.75, 3.05) is 0 Å². The van der Waals surface area contributed by atoms with Gasteiger partial charge < -0.3 is 0 Å². The van der Waals surface area contributed by atoms with E-state index in [2.05, 4.69) is 106 Å². The van der Waals surface area contributed by atoms with E-state index in [1.807, 2.05) is 0 Å². The molecule has 3 unspecified atom stereocenters. The summed E-state index contributed by atoms with van der Waals surface area (Å²) in [6, 6.07) is 22.6. The van der Waals surface area contributed by atoms with E-state index >= 15 is 0 Å². The predicted octanol–water partition coefficient (Wildman–Crippen LogP) is 6.65. The number of rotatable bonds is 4. The zero-order chi connectivity index (χ0) is 20.0. The average molecular weight is 428 g/mol. The van der Waals surface area contributed by atoms with Gasteiger partial charge in [-0.05, 0) is 0 Å². The molecule has 3 atom stereocenters. The number of aryl methyl sites for hydroxylation is 3. The van der Waals surface area contributed by atoms with E-state index in [9.17, 15) is 0 Å². The van der Waals surface area contributed by atoms with Crippen LogP contribution in [0.5, 0.6) is 0 Å². The van der Waals surface area contributed by atoms with Crippen LogP contribution in [0.25, 0.3) is 12.2 Å². The van der Waals surface area contributed by atoms with Crippen molar-refractivity contribution in [2.45, 2.75) is 28.5 Å². The molecule has 142 valence electrons. The van der Waals surface area contributed by atoms with Crippen molar-refractivity contribution in [3.8, 4) is 0 Å². The number of hydrogen-bond donors (Lipinski definition) is 0. The van der Waals surface area contributed by atoms with Crippen LogP contribution in [0.4, 0.5) is 0 Å². The third-order valence-electron chi connectivity index (χ3n) is 6.25. The Labute approximate surface area is 184 Å². The SMILES string of the molecule is Cc1ccccc1P[C]1([Ti][CH]2C=Cc3c(C)ccc(C)c32)C=Cc2ccccc21. The van der Waals surface area contributed by atoms with E-state index in [1.165, 1.54) is 33.1 Å². The van der Waals surface area contributed by atoms with Gasteiger partial charge in [-0.1, -0.05) is 0 Å². The first kappa shape index (κ1) is 19.3. The second-order valence-electron chi connectivity index (χ2n) is 8.18. The summed E-state index contributed by atoms with van der Waals surface area (Å²) >= 11 is -0.354. The Hall–Kier alpha value is -1.72. The van der Waals surface area contributed by atoms with Gasteiger partial charge in [0.25, 0.3) is 0 Å². The van der Waals surface area contributed by atoms with Crippen LogP contribution in [-0.4, -0.2) is 0 Å². The Morgan fingerprint density at radius 3 is 2.41 bits per heavy atom. The van der Waals surface area contributed by atoms with E-state index in [0.29, 0.717) is 4.22 Å². The summed E-state index contributed by atoms with van der Waals surface area (Å²) in [7, 11) is 0.787. The van der Waals surface area contributed by atoms with E-state index in [4.69, 9.17) is 0 Å². The zero-order valence-electron chi connectivity index (χ0n) is 17.2.